The second-order valence-corrected chi connectivity index (χ2v) is 2.81. The lowest BCUT2D eigenvalue weighted by molar-refractivity contribution is 0.0696. The Morgan fingerprint density at radius 3 is 2.80 bits per heavy atom. The number of halogens is 2. The summed E-state index contributed by atoms with van der Waals surface area (Å²) in [6.07, 6.45) is -2.85. The molecule has 0 saturated heterocycles. The fraction of sp³-hybridized carbons (Fsp3) is 0.111. The molecule has 4 nitrogen and oxygen atoms in total. The van der Waals surface area contributed by atoms with Crippen LogP contribution in [-0.2, 0) is 0 Å². The molecule has 0 aliphatic rings. The summed E-state index contributed by atoms with van der Waals surface area (Å²) in [5.74, 6) is -2.00. The van der Waals surface area contributed by atoms with Gasteiger partial charge in [-0.3, -0.25) is 0 Å². The minimum atomic E-state index is -2.85. The predicted octanol–water partition coefficient (Wildman–Crippen LogP) is 2.46. The first-order valence-corrected chi connectivity index (χ1v) is 4.00. The molecule has 2 rings (SSSR count). The molecule has 15 heavy (non-hydrogen) atoms. The van der Waals surface area contributed by atoms with Crippen LogP contribution in [0.3, 0.4) is 0 Å². The first kappa shape index (κ1) is 9.57. The number of aromatic nitrogens is 1. The lowest BCUT2D eigenvalue weighted by Crippen LogP contribution is -1.95. The molecule has 2 aromatic rings. The monoisotopic (exact) mass is 213 g/mol. The molecule has 0 atom stereocenters. The van der Waals surface area contributed by atoms with Gasteiger partial charge in [0.1, 0.15) is 11.1 Å². The molecule has 1 aromatic carbocycles. The van der Waals surface area contributed by atoms with Crippen LogP contribution in [0, 0.1) is 0 Å². The van der Waals surface area contributed by atoms with Crippen molar-refractivity contribution in [3.8, 4) is 0 Å². The van der Waals surface area contributed by atoms with E-state index in [2.05, 4.69) is 9.40 Å². The summed E-state index contributed by atoms with van der Waals surface area (Å²) in [6.45, 7) is 0. The average Bonchev–Trinajstić information content (AvgIpc) is 2.60. The second-order valence-electron chi connectivity index (χ2n) is 2.81. The molecular formula is C9H5F2NO3. The van der Waals surface area contributed by atoms with Crippen LogP contribution in [0.4, 0.5) is 8.78 Å². The van der Waals surface area contributed by atoms with Gasteiger partial charge >= 0.3 is 12.4 Å². The van der Waals surface area contributed by atoms with Gasteiger partial charge in [0, 0.05) is 0 Å². The predicted molar refractivity (Wildman–Crippen MR) is 45.9 cm³/mol. The van der Waals surface area contributed by atoms with Crippen LogP contribution in [0.2, 0.25) is 0 Å². The molecular weight excluding hydrogens is 208 g/mol. The van der Waals surface area contributed by atoms with Crippen molar-refractivity contribution in [3.63, 3.8) is 0 Å². The van der Waals surface area contributed by atoms with Crippen molar-refractivity contribution in [2.24, 2.45) is 0 Å². The van der Waals surface area contributed by atoms with Gasteiger partial charge in [-0.05, 0) is 12.1 Å². The molecule has 0 amide bonds. The molecule has 1 N–H and O–H groups in total. The zero-order valence-electron chi connectivity index (χ0n) is 7.28. The molecule has 0 bridgehead atoms. The Balaban J connectivity index is 2.70. The highest BCUT2D eigenvalue weighted by atomic mass is 19.3. The third-order valence-electron chi connectivity index (χ3n) is 1.85. The molecule has 1 aromatic heterocycles. The summed E-state index contributed by atoms with van der Waals surface area (Å²) in [7, 11) is 0. The lowest BCUT2D eigenvalue weighted by atomic mass is 10.2. The zero-order chi connectivity index (χ0) is 11.0. The number of aromatic carboxylic acids is 1. The van der Waals surface area contributed by atoms with E-state index < -0.39 is 18.3 Å². The number of rotatable bonds is 2. The number of hydrogen-bond acceptors (Lipinski definition) is 3. The third kappa shape index (κ3) is 1.54. The van der Waals surface area contributed by atoms with Gasteiger partial charge in [-0.15, -0.1) is 0 Å². The maximum atomic E-state index is 12.2. The molecule has 0 radical (unpaired) electrons. The van der Waals surface area contributed by atoms with Gasteiger partial charge in [0.2, 0.25) is 0 Å². The van der Waals surface area contributed by atoms with Crippen LogP contribution < -0.4 is 0 Å². The third-order valence-corrected chi connectivity index (χ3v) is 1.85. The Labute approximate surface area is 82.1 Å². The van der Waals surface area contributed by atoms with Crippen LogP contribution in [0.15, 0.2) is 22.6 Å². The Morgan fingerprint density at radius 1 is 1.47 bits per heavy atom. The molecule has 78 valence electrons. The molecule has 0 aliphatic carbocycles. The van der Waals surface area contributed by atoms with Gasteiger partial charge in [0.25, 0.3) is 5.89 Å². The Bertz CT molecular complexity index is 521. The van der Waals surface area contributed by atoms with Gasteiger partial charge < -0.3 is 9.52 Å². The number of alkyl halides is 2. The van der Waals surface area contributed by atoms with E-state index in [0.29, 0.717) is 0 Å². The van der Waals surface area contributed by atoms with E-state index in [1.165, 1.54) is 18.2 Å². The van der Waals surface area contributed by atoms with E-state index >= 15 is 0 Å². The number of carbonyl (C=O) groups is 1. The normalized spacial score (nSPS) is 11.1. The van der Waals surface area contributed by atoms with E-state index in [4.69, 9.17) is 5.11 Å². The summed E-state index contributed by atoms with van der Waals surface area (Å²) in [5, 5.41) is 8.76. The van der Waals surface area contributed by atoms with Gasteiger partial charge in [-0.2, -0.15) is 8.78 Å². The smallest absolute Gasteiger partial charge is 0.339 e. The maximum Gasteiger partial charge on any atom is 0.339 e. The summed E-state index contributed by atoms with van der Waals surface area (Å²) in [6, 6.07) is 4.10. The Hall–Kier alpha value is -1.98. The van der Waals surface area contributed by atoms with Crippen LogP contribution in [0.1, 0.15) is 22.7 Å². The highest BCUT2D eigenvalue weighted by Gasteiger charge is 2.19. The van der Waals surface area contributed by atoms with Crippen molar-refractivity contribution in [3.05, 3.63) is 29.7 Å². The molecule has 0 aliphatic heterocycles. The van der Waals surface area contributed by atoms with E-state index in [0.717, 1.165) is 0 Å². The first-order valence-electron chi connectivity index (χ1n) is 4.00. The number of para-hydroxylation sites is 1. The van der Waals surface area contributed by atoms with Crippen molar-refractivity contribution >= 4 is 17.1 Å². The minimum absolute atomic E-state index is 0.116. The van der Waals surface area contributed by atoms with Crippen molar-refractivity contribution < 1.29 is 23.1 Å². The number of oxazole rings is 1. The number of carboxylic acids is 1. The van der Waals surface area contributed by atoms with Gasteiger partial charge in [0.15, 0.2) is 5.58 Å². The topological polar surface area (TPSA) is 63.3 Å². The molecule has 0 fully saturated rings. The summed E-state index contributed by atoms with van der Waals surface area (Å²) in [4.78, 5) is 14.2. The number of benzene rings is 1. The van der Waals surface area contributed by atoms with Gasteiger partial charge in [0.05, 0.1) is 0 Å². The van der Waals surface area contributed by atoms with Crippen molar-refractivity contribution in [1.82, 2.24) is 4.98 Å². The number of hydrogen-bond donors (Lipinski definition) is 1. The highest BCUT2D eigenvalue weighted by Crippen LogP contribution is 2.25. The highest BCUT2D eigenvalue weighted by molar-refractivity contribution is 5.99. The molecule has 0 unspecified atom stereocenters. The molecule has 0 spiro atoms. The molecule has 0 saturated carbocycles. The molecule has 1 heterocycles. The SMILES string of the molecule is O=C(O)c1cccc2nc(C(F)F)oc12. The molecule has 6 heteroatoms. The Kier molecular flexibility index (Phi) is 2.11. The second kappa shape index (κ2) is 3.30. The van der Waals surface area contributed by atoms with Crippen molar-refractivity contribution in [1.29, 1.82) is 0 Å². The summed E-state index contributed by atoms with van der Waals surface area (Å²) in [5.41, 5.74) is -0.183. The quantitative estimate of drug-likeness (QED) is 0.832. The van der Waals surface area contributed by atoms with Crippen LogP contribution in [0.25, 0.3) is 11.1 Å². The summed E-state index contributed by atoms with van der Waals surface area (Å²) >= 11 is 0. The average molecular weight is 213 g/mol. The van der Waals surface area contributed by atoms with Crippen LogP contribution >= 0.6 is 0 Å². The largest absolute Gasteiger partial charge is 0.478 e. The van der Waals surface area contributed by atoms with E-state index in [1.807, 2.05) is 0 Å². The fourth-order valence-electron chi connectivity index (χ4n) is 1.23. The Morgan fingerprint density at radius 2 is 2.20 bits per heavy atom. The van der Waals surface area contributed by atoms with E-state index in [1.54, 1.807) is 0 Å². The lowest BCUT2D eigenvalue weighted by Gasteiger charge is -1.92. The maximum absolute atomic E-state index is 12.2. The van der Waals surface area contributed by atoms with Crippen LogP contribution in [-0.4, -0.2) is 16.1 Å². The standard InChI is InChI=1S/C9H5F2NO3/c10-7(11)8-12-5-3-1-2-4(9(13)14)6(5)15-8/h1-3,7H,(H,13,14). The zero-order valence-corrected chi connectivity index (χ0v) is 7.28. The number of carboxylic acid groups (broad SMARTS) is 1. The first-order chi connectivity index (χ1) is 7.09. The van der Waals surface area contributed by atoms with Crippen LogP contribution in [0.5, 0.6) is 0 Å². The van der Waals surface area contributed by atoms with Crippen molar-refractivity contribution in [2.45, 2.75) is 6.43 Å². The summed E-state index contributed by atoms with van der Waals surface area (Å²) < 4.78 is 29.1. The fourth-order valence-corrected chi connectivity index (χ4v) is 1.23. The van der Waals surface area contributed by atoms with Gasteiger partial charge in [-0.1, -0.05) is 6.07 Å². The van der Waals surface area contributed by atoms with E-state index in [9.17, 15) is 13.6 Å². The van der Waals surface area contributed by atoms with Gasteiger partial charge in [-0.25, -0.2) is 9.78 Å². The van der Waals surface area contributed by atoms with E-state index in [-0.39, 0.29) is 16.7 Å². The van der Waals surface area contributed by atoms with Crippen molar-refractivity contribution in [2.75, 3.05) is 0 Å². The number of nitrogens with zero attached hydrogens (tertiary/aromatic N) is 1. The minimum Gasteiger partial charge on any atom is -0.478 e. The number of fused-ring (bicyclic) bond motifs is 1.